The molecule has 0 atom stereocenters. The number of amides is 3. The van der Waals surface area contributed by atoms with Crippen molar-refractivity contribution in [2.24, 2.45) is 0 Å². The van der Waals surface area contributed by atoms with Crippen LogP contribution >= 0.6 is 22.9 Å². The Hall–Kier alpha value is -3.76. The highest BCUT2D eigenvalue weighted by molar-refractivity contribution is 7.13. The monoisotopic (exact) mass is 481 g/mol. The van der Waals surface area contributed by atoms with Gasteiger partial charge in [0, 0.05) is 17.4 Å². The first-order chi connectivity index (χ1) is 15.8. The molecule has 0 aliphatic rings. The van der Waals surface area contributed by atoms with Crippen molar-refractivity contribution in [3.8, 4) is 10.7 Å². The van der Waals surface area contributed by atoms with Crippen LogP contribution in [0.15, 0.2) is 60.1 Å². The first kappa shape index (κ1) is 22.4. The van der Waals surface area contributed by atoms with E-state index in [1.807, 2.05) is 31.4 Å². The Labute approximate surface area is 198 Å². The maximum Gasteiger partial charge on any atom is 0.320 e. The Bertz CT molecular complexity index is 1270. The van der Waals surface area contributed by atoms with Gasteiger partial charge in [0.2, 0.25) is 0 Å². The van der Waals surface area contributed by atoms with Gasteiger partial charge in [0.25, 0.3) is 5.91 Å². The number of carbonyl (C=O) groups is 2. The summed E-state index contributed by atoms with van der Waals surface area (Å²) in [5.74, 6) is 1.10. The van der Waals surface area contributed by atoms with Crippen molar-refractivity contribution in [2.75, 3.05) is 10.6 Å². The van der Waals surface area contributed by atoms with Crippen molar-refractivity contribution < 1.29 is 9.59 Å². The van der Waals surface area contributed by atoms with E-state index in [1.165, 1.54) is 17.5 Å². The van der Waals surface area contributed by atoms with E-state index in [0.29, 0.717) is 33.7 Å². The number of nitrogens with one attached hydrogen (secondary N) is 4. The maximum absolute atomic E-state index is 12.6. The van der Waals surface area contributed by atoms with Crippen LogP contribution in [-0.2, 0) is 5.54 Å². The molecule has 4 aromatic rings. The average molecular weight is 482 g/mol. The standard InChI is InChI=1S/C22H20ClN7O2S/c1-22(2,20-27-18(29-30-20)16-7-4-10-33-16)28-21(32)25-15-6-3-5-13(11-15)19(31)26-17-9-8-14(23)12-24-17/h3-12H,1-2H3,(H,24,26,31)(H2,25,28,32)(H,27,29,30). The van der Waals surface area contributed by atoms with Crippen molar-refractivity contribution in [1.82, 2.24) is 25.5 Å². The Kier molecular flexibility index (Phi) is 6.38. The molecular formula is C22H20ClN7O2S. The summed E-state index contributed by atoms with van der Waals surface area (Å²) in [4.78, 5) is 34.6. The summed E-state index contributed by atoms with van der Waals surface area (Å²) in [6, 6.07) is 13.2. The highest BCUT2D eigenvalue weighted by atomic mass is 35.5. The highest BCUT2D eigenvalue weighted by Crippen LogP contribution is 2.24. The van der Waals surface area contributed by atoms with Crippen LogP contribution in [0.1, 0.15) is 30.0 Å². The summed E-state index contributed by atoms with van der Waals surface area (Å²) in [5, 5.41) is 17.8. The normalized spacial score (nSPS) is 11.1. The number of anilines is 2. The van der Waals surface area contributed by atoms with Gasteiger partial charge in [0.05, 0.1) is 15.4 Å². The fraction of sp³-hybridized carbons (Fsp3) is 0.136. The predicted molar refractivity (Wildman–Crippen MR) is 129 cm³/mol. The largest absolute Gasteiger partial charge is 0.326 e. The lowest BCUT2D eigenvalue weighted by Crippen LogP contribution is -2.44. The smallest absolute Gasteiger partial charge is 0.320 e. The van der Waals surface area contributed by atoms with Gasteiger partial charge in [-0.3, -0.25) is 9.89 Å². The molecule has 3 amide bonds. The van der Waals surface area contributed by atoms with E-state index in [2.05, 4.69) is 36.1 Å². The fourth-order valence-electron chi connectivity index (χ4n) is 2.94. The van der Waals surface area contributed by atoms with Gasteiger partial charge in [-0.2, -0.15) is 5.10 Å². The number of hydrogen-bond acceptors (Lipinski definition) is 6. The van der Waals surface area contributed by atoms with E-state index in [0.717, 1.165) is 4.88 Å². The number of hydrogen-bond donors (Lipinski definition) is 4. The number of aromatic amines is 1. The lowest BCUT2D eigenvalue weighted by molar-refractivity contribution is 0.102. The molecule has 3 aromatic heterocycles. The van der Waals surface area contributed by atoms with Crippen LogP contribution in [0.5, 0.6) is 0 Å². The van der Waals surface area contributed by atoms with Gasteiger partial charge < -0.3 is 16.0 Å². The molecule has 0 spiro atoms. The van der Waals surface area contributed by atoms with E-state index in [4.69, 9.17) is 11.6 Å². The lowest BCUT2D eigenvalue weighted by atomic mass is 10.1. The van der Waals surface area contributed by atoms with E-state index < -0.39 is 11.6 Å². The average Bonchev–Trinajstić information content (AvgIpc) is 3.47. The van der Waals surface area contributed by atoms with Crippen LogP contribution in [0.3, 0.4) is 0 Å². The molecule has 11 heteroatoms. The second-order valence-corrected chi connectivity index (χ2v) is 8.97. The third-order valence-electron chi connectivity index (χ3n) is 4.60. The van der Waals surface area contributed by atoms with Crippen LogP contribution in [0.4, 0.5) is 16.3 Å². The molecule has 0 aliphatic carbocycles. The van der Waals surface area contributed by atoms with Crippen LogP contribution in [0.25, 0.3) is 10.7 Å². The molecule has 0 unspecified atom stereocenters. The fourth-order valence-corrected chi connectivity index (χ4v) is 3.71. The van der Waals surface area contributed by atoms with Crippen LogP contribution in [-0.4, -0.2) is 32.1 Å². The highest BCUT2D eigenvalue weighted by Gasteiger charge is 2.27. The zero-order chi connectivity index (χ0) is 23.4. The Balaban J connectivity index is 1.40. The number of pyridine rings is 1. The van der Waals surface area contributed by atoms with Crippen molar-refractivity contribution in [2.45, 2.75) is 19.4 Å². The molecule has 3 heterocycles. The molecule has 0 aliphatic heterocycles. The minimum absolute atomic E-state index is 0.361. The second kappa shape index (κ2) is 9.39. The molecule has 0 fully saturated rings. The Morgan fingerprint density at radius 2 is 1.94 bits per heavy atom. The van der Waals surface area contributed by atoms with Crippen molar-refractivity contribution >= 4 is 46.4 Å². The van der Waals surface area contributed by atoms with Crippen molar-refractivity contribution in [3.63, 3.8) is 0 Å². The third-order valence-corrected chi connectivity index (χ3v) is 5.69. The number of thiophene rings is 1. The molecule has 0 saturated carbocycles. The van der Waals surface area contributed by atoms with Gasteiger partial charge in [-0.25, -0.2) is 14.8 Å². The molecule has 0 bridgehead atoms. The molecule has 33 heavy (non-hydrogen) atoms. The van der Waals surface area contributed by atoms with E-state index >= 15 is 0 Å². The van der Waals surface area contributed by atoms with Gasteiger partial charge in [-0.1, -0.05) is 23.7 Å². The molecule has 9 nitrogen and oxygen atoms in total. The minimum atomic E-state index is -0.818. The van der Waals surface area contributed by atoms with Crippen molar-refractivity contribution in [1.29, 1.82) is 0 Å². The summed E-state index contributed by atoms with van der Waals surface area (Å²) in [6.07, 6.45) is 1.44. The number of aromatic nitrogens is 4. The maximum atomic E-state index is 12.6. The molecule has 0 radical (unpaired) electrons. The minimum Gasteiger partial charge on any atom is -0.326 e. The van der Waals surface area contributed by atoms with Gasteiger partial charge in [-0.15, -0.1) is 11.3 Å². The van der Waals surface area contributed by atoms with Crippen LogP contribution in [0, 0.1) is 0 Å². The number of nitrogens with zero attached hydrogens (tertiary/aromatic N) is 3. The van der Waals surface area contributed by atoms with E-state index in [1.54, 1.807) is 36.4 Å². The summed E-state index contributed by atoms with van der Waals surface area (Å²) < 4.78 is 0. The predicted octanol–water partition coefficient (Wildman–Crippen LogP) is 4.89. The van der Waals surface area contributed by atoms with Crippen LogP contribution in [0.2, 0.25) is 5.02 Å². The Morgan fingerprint density at radius 3 is 2.67 bits per heavy atom. The van der Waals surface area contributed by atoms with Gasteiger partial charge in [0.1, 0.15) is 11.6 Å². The number of rotatable bonds is 6. The number of H-pyrrole nitrogens is 1. The van der Waals surface area contributed by atoms with Gasteiger partial charge in [-0.05, 0) is 55.6 Å². The summed E-state index contributed by atoms with van der Waals surface area (Å²) in [6.45, 7) is 3.63. The number of halogens is 1. The summed E-state index contributed by atoms with van der Waals surface area (Å²) in [7, 11) is 0. The zero-order valence-corrected chi connectivity index (χ0v) is 19.3. The third kappa shape index (κ3) is 5.54. The SMILES string of the molecule is CC(C)(NC(=O)Nc1cccc(C(=O)Nc2ccc(Cl)cn2)c1)c1nc(-c2cccs2)n[nH]1. The number of benzene rings is 1. The quantitative estimate of drug-likeness (QED) is 0.312. The number of carbonyl (C=O) groups excluding carboxylic acids is 2. The van der Waals surface area contributed by atoms with Crippen LogP contribution < -0.4 is 16.0 Å². The summed E-state index contributed by atoms with van der Waals surface area (Å²) >= 11 is 7.35. The molecule has 4 rings (SSSR count). The van der Waals surface area contributed by atoms with Gasteiger partial charge >= 0.3 is 6.03 Å². The molecule has 4 N–H and O–H groups in total. The van der Waals surface area contributed by atoms with E-state index in [-0.39, 0.29) is 5.91 Å². The second-order valence-electron chi connectivity index (χ2n) is 7.59. The first-order valence-electron chi connectivity index (χ1n) is 9.89. The molecular weight excluding hydrogens is 462 g/mol. The van der Waals surface area contributed by atoms with Gasteiger partial charge in [0.15, 0.2) is 5.82 Å². The van der Waals surface area contributed by atoms with E-state index in [9.17, 15) is 9.59 Å². The molecule has 168 valence electrons. The zero-order valence-electron chi connectivity index (χ0n) is 17.7. The summed E-state index contributed by atoms with van der Waals surface area (Å²) in [5.41, 5.74) is -0.00143. The lowest BCUT2D eigenvalue weighted by Gasteiger charge is -2.23. The topological polar surface area (TPSA) is 125 Å². The molecule has 0 saturated heterocycles. The first-order valence-corrected chi connectivity index (χ1v) is 11.1. The number of urea groups is 1. The Morgan fingerprint density at radius 1 is 1.09 bits per heavy atom. The molecule has 1 aromatic carbocycles. The van der Waals surface area contributed by atoms with Crippen molar-refractivity contribution in [3.05, 3.63) is 76.5 Å².